The monoisotopic (exact) mass is 626 g/mol. The molecule has 0 spiro atoms. The summed E-state index contributed by atoms with van der Waals surface area (Å²) in [4.78, 5) is 0. The van der Waals surface area contributed by atoms with Gasteiger partial charge in [-0.05, 0) is 47.5 Å². The summed E-state index contributed by atoms with van der Waals surface area (Å²) < 4.78 is 91.7. The maximum absolute atomic E-state index is 13.3. The molecule has 0 bridgehead atoms. The quantitative estimate of drug-likeness (QED) is 0.167. The van der Waals surface area contributed by atoms with E-state index in [0.29, 0.717) is 0 Å². The first-order valence-electron chi connectivity index (χ1n) is 12.9. The summed E-state index contributed by atoms with van der Waals surface area (Å²) in [6.45, 7) is 0. The number of ether oxygens (including phenoxy) is 2. The van der Waals surface area contributed by atoms with Crippen LogP contribution >= 0.6 is 0 Å². The molecule has 2 aliphatic heterocycles. The van der Waals surface area contributed by atoms with E-state index in [0.717, 1.165) is 24.3 Å². The first-order valence-corrected chi connectivity index (χ1v) is 12.9. The van der Waals surface area contributed by atoms with E-state index in [-0.39, 0.29) is 67.7 Å². The van der Waals surface area contributed by atoms with Crippen LogP contribution in [0.2, 0.25) is 0 Å². The zero-order valence-corrected chi connectivity index (χ0v) is 22.6. The lowest BCUT2D eigenvalue weighted by Gasteiger charge is -2.16. The van der Waals surface area contributed by atoms with Gasteiger partial charge in [0.1, 0.15) is 24.3 Å². The van der Waals surface area contributed by atoms with Crippen molar-refractivity contribution in [3.05, 3.63) is 94.7 Å². The first kappa shape index (κ1) is 29.4. The SMILES string of the molecule is N#CC(C#N)=C1Nc2c(-c3ccc(C(F)(F)F)cc3)cc3c4c(c(-c5ccc(C(F)(F)F)cc5)cc3c2O1)NC(=C(C#N)C#N)O4. The van der Waals surface area contributed by atoms with Crippen molar-refractivity contribution in [1.29, 1.82) is 21.0 Å². The Morgan fingerprint density at radius 2 is 0.870 bits per heavy atom. The van der Waals surface area contributed by atoms with Gasteiger partial charge in [0.05, 0.1) is 22.5 Å². The van der Waals surface area contributed by atoms with Crippen molar-refractivity contribution in [3.8, 4) is 58.0 Å². The molecule has 2 heterocycles. The predicted molar refractivity (Wildman–Crippen MR) is 150 cm³/mol. The van der Waals surface area contributed by atoms with Crippen molar-refractivity contribution in [1.82, 2.24) is 0 Å². The number of hydrogen-bond donors (Lipinski definition) is 2. The Balaban J connectivity index is 1.67. The number of nitriles is 4. The highest BCUT2D eigenvalue weighted by atomic mass is 19.4. The number of fused-ring (bicyclic) bond motifs is 5. The van der Waals surface area contributed by atoms with E-state index in [2.05, 4.69) is 10.6 Å². The predicted octanol–water partition coefficient (Wildman–Crippen LogP) is 8.34. The van der Waals surface area contributed by atoms with Crippen molar-refractivity contribution in [2.75, 3.05) is 10.6 Å². The Morgan fingerprint density at radius 1 is 0.543 bits per heavy atom. The van der Waals surface area contributed by atoms with Gasteiger partial charge in [0.25, 0.3) is 0 Å². The standard InChI is InChI=1S/C32H12F6N6O2/c33-31(34,35)19-5-1-15(2-6-19)21-9-23-24(27-25(21)43-29(45-27)17(11-39)12-40)10-22(16-3-7-20(8-4-16)32(36,37)38)26-28(23)46-30(44-26)18(13-41)14-42/h1-10,43-44H. The lowest BCUT2D eigenvalue weighted by Crippen LogP contribution is -2.04. The van der Waals surface area contributed by atoms with Gasteiger partial charge in [-0.3, -0.25) is 0 Å². The van der Waals surface area contributed by atoms with Crippen LogP contribution in [0, 0.1) is 45.3 Å². The third kappa shape index (κ3) is 4.81. The number of benzene rings is 4. The summed E-state index contributed by atoms with van der Waals surface area (Å²) in [6, 6.07) is 18.2. The van der Waals surface area contributed by atoms with Gasteiger partial charge >= 0.3 is 12.4 Å². The van der Waals surface area contributed by atoms with E-state index >= 15 is 0 Å². The molecule has 0 amide bonds. The van der Waals surface area contributed by atoms with Crippen LogP contribution in [0.15, 0.2) is 83.6 Å². The van der Waals surface area contributed by atoms with Gasteiger partial charge in [-0.25, -0.2) is 0 Å². The summed E-state index contributed by atoms with van der Waals surface area (Å²) in [5.41, 5.74) is -1.24. The van der Waals surface area contributed by atoms with E-state index < -0.39 is 34.6 Å². The Hall–Kier alpha value is -6.64. The number of nitrogens with zero attached hydrogens (tertiary/aromatic N) is 4. The third-order valence-electron chi connectivity index (χ3n) is 7.18. The molecular formula is C32H12F6N6O2. The molecule has 0 saturated heterocycles. The average molecular weight is 626 g/mol. The van der Waals surface area contributed by atoms with Crippen molar-refractivity contribution in [2.45, 2.75) is 12.4 Å². The molecule has 4 aromatic carbocycles. The smallest absolute Gasteiger partial charge is 0.416 e. The number of nitrogens with one attached hydrogen (secondary N) is 2. The minimum absolute atomic E-state index is 0.0307. The fourth-order valence-corrected chi connectivity index (χ4v) is 5.03. The van der Waals surface area contributed by atoms with Crippen LogP contribution in [-0.2, 0) is 12.4 Å². The number of allylic oxidation sites excluding steroid dienone is 2. The minimum atomic E-state index is -4.60. The maximum Gasteiger partial charge on any atom is 0.416 e. The molecule has 0 saturated carbocycles. The number of halogens is 6. The Kier molecular flexibility index (Phi) is 6.73. The summed E-state index contributed by atoms with van der Waals surface area (Å²) in [6.07, 6.45) is -9.21. The van der Waals surface area contributed by atoms with E-state index in [9.17, 15) is 47.4 Å². The molecule has 4 aromatic rings. The summed E-state index contributed by atoms with van der Waals surface area (Å²) in [7, 11) is 0. The van der Waals surface area contributed by atoms with Crippen molar-refractivity contribution in [3.63, 3.8) is 0 Å². The second kappa shape index (κ2) is 10.5. The summed E-state index contributed by atoms with van der Waals surface area (Å²) >= 11 is 0. The molecule has 6 rings (SSSR count). The number of rotatable bonds is 2. The molecule has 0 aliphatic carbocycles. The highest BCUT2D eigenvalue weighted by molar-refractivity contribution is 6.11. The molecule has 0 fully saturated rings. The summed E-state index contributed by atoms with van der Waals surface area (Å²) in [5.74, 6) is -0.451. The molecule has 14 heteroatoms. The molecule has 2 N–H and O–H groups in total. The number of anilines is 2. The molecular weight excluding hydrogens is 614 g/mol. The van der Waals surface area contributed by atoms with Gasteiger partial charge in [0.15, 0.2) is 22.6 Å². The molecule has 0 radical (unpaired) electrons. The molecule has 2 aliphatic rings. The zero-order valence-electron chi connectivity index (χ0n) is 22.6. The van der Waals surface area contributed by atoms with Crippen LogP contribution in [0.5, 0.6) is 11.5 Å². The molecule has 8 nitrogen and oxygen atoms in total. The second-order valence-corrected chi connectivity index (χ2v) is 9.81. The van der Waals surface area contributed by atoms with Crippen molar-refractivity contribution in [2.24, 2.45) is 0 Å². The zero-order chi connectivity index (χ0) is 33.0. The average Bonchev–Trinajstić information content (AvgIpc) is 3.67. The molecule has 0 atom stereocenters. The lowest BCUT2D eigenvalue weighted by atomic mass is 9.93. The van der Waals surface area contributed by atoms with Gasteiger partial charge in [-0.2, -0.15) is 47.4 Å². The normalized spacial score (nSPS) is 13.1. The van der Waals surface area contributed by atoms with Gasteiger partial charge < -0.3 is 20.1 Å². The molecule has 0 aromatic heterocycles. The Morgan fingerprint density at radius 3 is 1.15 bits per heavy atom. The van der Waals surface area contributed by atoms with Crippen LogP contribution < -0.4 is 20.1 Å². The van der Waals surface area contributed by atoms with E-state index in [4.69, 9.17) is 9.47 Å². The lowest BCUT2D eigenvalue weighted by molar-refractivity contribution is -0.138. The van der Waals surface area contributed by atoms with Gasteiger partial charge in [0.2, 0.25) is 11.8 Å². The highest BCUT2D eigenvalue weighted by Gasteiger charge is 2.35. The van der Waals surface area contributed by atoms with Crippen LogP contribution in [-0.4, -0.2) is 0 Å². The molecule has 46 heavy (non-hydrogen) atoms. The Labute approximate surface area is 254 Å². The highest BCUT2D eigenvalue weighted by Crippen LogP contribution is 2.55. The van der Waals surface area contributed by atoms with Gasteiger partial charge in [-0.1, -0.05) is 24.3 Å². The number of alkyl halides is 6. The van der Waals surface area contributed by atoms with Gasteiger partial charge in [0, 0.05) is 21.9 Å². The van der Waals surface area contributed by atoms with E-state index in [1.807, 2.05) is 0 Å². The fourth-order valence-electron chi connectivity index (χ4n) is 5.03. The minimum Gasteiger partial charge on any atom is -0.436 e. The van der Waals surface area contributed by atoms with Crippen molar-refractivity contribution >= 4 is 22.1 Å². The molecule has 224 valence electrons. The number of hydrogen-bond acceptors (Lipinski definition) is 8. The van der Waals surface area contributed by atoms with E-state index in [1.54, 1.807) is 24.3 Å². The maximum atomic E-state index is 13.3. The third-order valence-corrected chi connectivity index (χ3v) is 7.18. The van der Waals surface area contributed by atoms with Gasteiger partial charge in [-0.15, -0.1) is 0 Å². The molecule has 0 unspecified atom stereocenters. The first-order chi connectivity index (χ1) is 21.9. The second-order valence-electron chi connectivity index (χ2n) is 9.81. The Bertz CT molecular complexity index is 2020. The van der Waals surface area contributed by atoms with E-state index in [1.165, 1.54) is 36.4 Å². The van der Waals surface area contributed by atoms with Crippen molar-refractivity contribution < 1.29 is 35.8 Å². The van der Waals surface area contributed by atoms with Crippen LogP contribution in [0.4, 0.5) is 37.7 Å². The summed E-state index contributed by atoms with van der Waals surface area (Å²) in [5, 5.41) is 44.1. The van der Waals surface area contributed by atoms with Crippen LogP contribution in [0.1, 0.15) is 11.1 Å². The fraction of sp³-hybridized carbons (Fsp3) is 0.0625. The van der Waals surface area contributed by atoms with Crippen LogP contribution in [0.25, 0.3) is 33.0 Å². The largest absolute Gasteiger partial charge is 0.436 e. The van der Waals surface area contributed by atoms with Crippen LogP contribution in [0.3, 0.4) is 0 Å². The topological polar surface area (TPSA) is 138 Å².